The van der Waals surface area contributed by atoms with Crippen molar-refractivity contribution in [2.24, 2.45) is 35.5 Å². The molecule has 7 atom stereocenters. The number of benzene rings is 2. The van der Waals surface area contributed by atoms with E-state index in [4.69, 9.17) is 4.74 Å². The van der Waals surface area contributed by atoms with E-state index >= 15 is 0 Å². The lowest BCUT2D eigenvalue weighted by molar-refractivity contribution is -0.124. The summed E-state index contributed by atoms with van der Waals surface area (Å²) in [4.78, 5) is 54.0. The molecule has 0 unspecified atom stereocenters. The van der Waals surface area contributed by atoms with Gasteiger partial charge in [-0.15, -0.1) is 0 Å². The summed E-state index contributed by atoms with van der Waals surface area (Å²) in [5.74, 6) is -0.999. The molecule has 5 aliphatic rings. The molecule has 2 aromatic rings. The maximum absolute atomic E-state index is 13.5. The Balaban J connectivity index is 1.26. The molecule has 2 amide bonds. The summed E-state index contributed by atoms with van der Waals surface area (Å²) in [5, 5.41) is 0. The monoisotopic (exact) mass is 455 g/mol. The van der Waals surface area contributed by atoms with E-state index in [0.717, 1.165) is 12.0 Å². The molecule has 1 heterocycles. The third kappa shape index (κ3) is 3.01. The fraction of sp³-hybridized carbons (Fsp3) is 0.357. The minimum atomic E-state index is -1.01. The van der Waals surface area contributed by atoms with Crippen molar-refractivity contribution < 1.29 is 23.9 Å². The molecular formula is C28H25NO5. The summed E-state index contributed by atoms with van der Waals surface area (Å²) in [5.41, 5.74) is 1.82. The van der Waals surface area contributed by atoms with E-state index in [9.17, 15) is 19.2 Å². The third-order valence-electron chi connectivity index (χ3n) is 8.02. The van der Waals surface area contributed by atoms with Crippen LogP contribution in [-0.2, 0) is 14.3 Å². The van der Waals surface area contributed by atoms with Crippen molar-refractivity contribution in [1.82, 2.24) is 0 Å². The van der Waals surface area contributed by atoms with Crippen LogP contribution in [-0.4, -0.2) is 29.7 Å². The maximum atomic E-state index is 13.5. The lowest BCUT2D eigenvalue weighted by Crippen LogP contribution is -2.40. The van der Waals surface area contributed by atoms with Gasteiger partial charge in [0.1, 0.15) is 0 Å². The van der Waals surface area contributed by atoms with E-state index in [-0.39, 0.29) is 52.5 Å². The number of esters is 1. The second-order valence-electron chi connectivity index (χ2n) is 9.96. The Morgan fingerprint density at radius 2 is 1.50 bits per heavy atom. The van der Waals surface area contributed by atoms with Gasteiger partial charge in [-0.25, -0.2) is 9.69 Å². The summed E-state index contributed by atoms with van der Waals surface area (Å²) < 4.78 is 5.50. The number of para-hydroxylation sites is 1. The van der Waals surface area contributed by atoms with Crippen molar-refractivity contribution in [3.63, 3.8) is 0 Å². The highest BCUT2D eigenvalue weighted by atomic mass is 16.5. The van der Waals surface area contributed by atoms with Gasteiger partial charge in [-0.3, -0.25) is 14.4 Å². The molecule has 2 aromatic carbocycles. The molecule has 1 saturated heterocycles. The highest BCUT2D eigenvalue weighted by molar-refractivity contribution is 6.24. The number of carbonyl (C=O) groups is 4. The van der Waals surface area contributed by atoms with Crippen molar-refractivity contribution >= 4 is 29.3 Å². The minimum Gasteiger partial charge on any atom is -0.451 e. The maximum Gasteiger partial charge on any atom is 0.340 e. The van der Waals surface area contributed by atoms with Gasteiger partial charge in [0.05, 0.1) is 23.1 Å². The first-order valence-corrected chi connectivity index (χ1v) is 11.8. The molecule has 3 fully saturated rings. The number of amides is 2. The second kappa shape index (κ2) is 7.49. The standard InChI is InChI=1S/C28H25NO5/c1-14-7-9-16(10-8-14)25(30)15(2)34-28(33)19-5-3-4-6-22(19)29-26(31)23-17-11-12-18(21-13-20(17)21)24(23)27(29)32/h3-12,15,17-18,20-21,23-24H,13H2,1-2H3/t15-,17-,18-,20-,21-,23+,24+/m1/s1. The van der Waals surface area contributed by atoms with Gasteiger partial charge in [0.15, 0.2) is 6.10 Å². The number of aryl methyl sites for hydroxylation is 1. The van der Waals surface area contributed by atoms with Gasteiger partial charge in [-0.2, -0.15) is 0 Å². The van der Waals surface area contributed by atoms with Gasteiger partial charge in [0, 0.05) is 5.56 Å². The van der Waals surface area contributed by atoms with Gasteiger partial charge >= 0.3 is 5.97 Å². The molecule has 0 N–H and O–H groups in total. The van der Waals surface area contributed by atoms with Crippen LogP contribution in [0.2, 0.25) is 0 Å². The molecule has 0 radical (unpaired) electrons. The molecule has 0 aromatic heterocycles. The van der Waals surface area contributed by atoms with Crippen LogP contribution in [0.1, 0.15) is 39.6 Å². The van der Waals surface area contributed by atoms with Crippen molar-refractivity contribution in [2.75, 3.05) is 4.90 Å². The summed E-state index contributed by atoms with van der Waals surface area (Å²) in [6, 6.07) is 13.5. The zero-order valence-corrected chi connectivity index (χ0v) is 19.0. The van der Waals surface area contributed by atoms with E-state index in [0.29, 0.717) is 17.4 Å². The zero-order valence-electron chi connectivity index (χ0n) is 19.0. The van der Waals surface area contributed by atoms with Crippen LogP contribution in [0.3, 0.4) is 0 Å². The van der Waals surface area contributed by atoms with Crippen LogP contribution < -0.4 is 4.90 Å². The molecule has 6 heteroatoms. The van der Waals surface area contributed by atoms with E-state index in [1.807, 2.05) is 19.1 Å². The predicted octanol–water partition coefficient (Wildman–Crippen LogP) is 3.98. The van der Waals surface area contributed by atoms with Gasteiger partial charge in [0.2, 0.25) is 17.6 Å². The van der Waals surface area contributed by atoms with Crippen molar-refractivity contribution in [3.8, 4) is 0 Å². The number of nitrogens with zero attached hydrogens (tertiary/aromatic N) is 1. The molecule has 0 spiro atoms. The average molecular weight is 456 g/mol. The summed E-state index contributed by atoms with van der Waals surface area (Å²) >= 11 is 0. The fourth-order valence-electron chi connectivity index (χ4n) is 6.27. The molecule has 2 bridgehead atoms. The normalized spacial score (nSPS) is 31.2. The molecule has 172 valence electrons. The van der Waals surface area contributed by atoms with E-state index in [1.165, 1.54) is 17.9 Å². The Morgan fingerprint density at radius 3 is 2.12 bits per heavy atom. The largest absolute Gasteiger partial charge is 0.451 e. The lowest BCUT2D eigenvalue weighted by Gasteiger charge is -2.37. The first-order valence-electron chi connectivity index (χ1n) is 11.8. The number of allylic oxidation sites excluding steroid dienone is 2. The highest BCUT2D eigenvalue weighted by Crippen LogP contribution is 2.65. The Labute approximate surface area is 197 Å². The SMILES string of the molecule is Cc1ccc(C(=O)[C@@H](C)OC(=O)c2ccccc2N2C(=O)[C@H]3[C@@H]4C=C[C@H]([C@H]5C[C@H]45)[C@@H]3C2=O)cc1. The number of hydrogen-bond acceptors (Lipinski definition) is 5. The van der Waals surface area contributed by atoms with Crippen LogP contribution in [0.4, 0.5) is 5.69 Å². The smallest absolute Gasteiger partial charge is 0.340 e. The lowest BCUT2D eigenvalue weighted by atomic mass is 9.63. The molecule has 4 aliphatic carbocycles. The predicted molar refractivity (Wildman–Crippen MR) is 124 cm³/mol. The van der Waals surface area contributed by atoms with Gasteiger partial charge < -0.3 is 4.74 Å². The topological polar surface area (TPSA) is 80.8 Å². The quantitative estimate of drug-likeness (QED) is 0.295. The van der Waals surface area contributed by atoms with E-state index in [1.54, 1.807) is 30.3 Å². The minimum absolute atomic E-state index is 0.104. The van der Waals surface area contributed by atoms with Crippen LogP contribution in [0.5, 0.6) is 0 Å². The summed E-state index contributed by atoms with van der Waals surface area (Å²) in [6.07, 6.45) is 4.31. The van der Waals surface area contributed by atoms with Crippen LogP contribution >= 0.6 is 0 Å². The van der Waals surface area contributed by atoms with Crippen molar-refractivity contribution in [3.05, 3.63) is 77.4 Å². The number of ketones is 1. The number of ether oxygens (including phenoxy) is 1. The van der Waals surface area contributed by atoms with Crippen molar-refractivity contribution in [1.29, 1.82) is 0 Å². The fourth-order valence-corrected chi connectivity index (χ4v) is 6.27. The van der Waals surface area contributed by atoms with Crippen LogP contribution in [0, 0.1) is 42.4 Å². The molecule has 2 saturated carbocycles. The van der Waals surface area contributed by atoms with E-state index in [2.05, 4.69) is 12.2 Å². The Hall–Kier alpha value is -3.54. The molecule has 6 nitrogen and oxygen atoms in total. The number of rotatable bonds is 5. The highest BCUT2D eigenvalue weighted by Gasteiger charge is 2.67. The molecule has 7 rings (SSSR count). The molecular weight excluding hydrogens is 430 g/mol. The van der Waals surface area contributed by atoms with E-state index < -0.39 is 12.1 Å². The zero-order chi connectivity index (χ0) is 23.7. The Kier molecular flexibility index (Phi) is 4.63. The van der Waals surface area contributed by atoms with Crippen LogP contribution in [0.25, 0.3) is 0 Å². The molecule has 34 heavy (non-hydrogen) atoms. The first-order chi connectivity index (χ1) is 16.4. The second-order valence-corrected chi connectivity index (χ2v) is 9.96. The number of carbonyl (C=O) groups excluding carboxylic acids is 4. The van der Waals surface area contributed by atoms with Gasteiger partial charge in [-0.05, 0) is 56.1 Å². The summed E-state index contributed by atoms with van der Waals surface area (Å²) in [6.45, 7) is 3.45. The third-order valence-corrected chi connectivity index (χ3v) is 8.02. The number of anilines is 1. The Morgan fingerprint density at radius 1 is 0.912 bits per heavy atom. The number of Topliss-reactive ketones (excluding diaryl/α,β-unsaturated/α-hetero) is 1. The van der Waals surface area contributed by atoms with Crippen LogP contribution in [0.15, 0.2) is 60.7 Å². The number of hydrogen-bond donors (Lipinski definition) is 0. The number of imide groups is 1. The first kappa shape index (κ1) is 21.0. The van der Waals surface area contributed by atoms with Gasteiger partial charge in [-0.1, -0.05) is 54.1 Å². The Bertz CT molecular complexity index is 1230. The van der Waals surface area contributed by atoms with Crippen molar-refractivity contribution in [2.45, 2.75) is 26.4 Å². The average Bonchev–Trinajstić information content (AvgIpc) is 3.62. The summed E-state index contributed by atoms with van der Waals surface area (Å²) in [7, 11) is 0. The van der Waals surface area contributed by atoms with Gasteiger partial charge in [0.25, 0.3) is 0 Å². The molecule has 1 aliphatic heterocycles.